The molecule has 0 amide bonds. The van der Waals surface area contributed by atoms with Crippen LogP contribution in [0.15, 0.2) is 41.4 Å². The molecule has 2 rings (SSSR count). The zero-order valence-electron chi connectivity index (χ0n) is 16.9. The van der Waals surface area contributed by atoms with Gasteiger partial charge in [0.25, 0.3) is 0 Å². The highest BCUT2D eigenvalue weighted by molar-refractivity contribution is 14.0. The molecule has 0 spiro atoms. The van der Waals surface area contributed by atoms with Crippen molar-refractivity contribution < 1.29 is 13.9 Å². The molecule has 0 aromatic heterocycles. The molecule has 0 aliphatic rings. The molecule has 5 nitrogen and oxygen atoms in total. The van der Waals surface area contributed by atoms with E-state index in [9.17, 15) is 4.39 Å². The maximum absolute atomic E-state index is 13.2. The third-order valence-corrected chi connectivity index (χ3v) is 4.21. The Balaban J connectivity index is 0.00000420. The van der Waals surface area contributed by atoms with Crippen molar-refractivity contribution in [1.29, 1.82) is 0 Å². The molecule has 0 saturated heterocycles. The second-order valence-electron chi connectivity index (χ2n) is 6.15. The lowest BCUT2D eigenvalue weighted by Gasteiger charge is -2.14. The van der Waals surface area contributed by atoms with Gasteiger partial charge in [0.15, 0.2) is 17.5 Å². The lowest BCUT2D eigenvalue weighted by atomic mass is 10.1. The summed E-state index contributed by atoms with van der Waals surface area (Å²) in [6.07, 6.45) is 6.03. The van der Waals surface area contributed by atoms with Gasteiger partial charge in [-0.15, -0.1) is 30.4 Å². The van der Waals surface area contributed by atoms with E-state index in [0.29, 0.717) is 30.5 Å². The van der Waals surface area contributed by atoms with Gasteiger partial charge < -0.3 is 20.1 Å². The predicted octanol–water partition coefficient (Wildman–Crippen LogP) is 3.68. The van der Waals surface area contributed by atoms with E-state index in [4.69, 9.17) is 15.9 Å². The molecule has 0 unspecified atom stereocenters. The number of aryl methyl sites for hydroxylation is 1. The first-order valence-corrected chi connectivity index (χ1v) is 9.00. The van der Waals surface area contributed by atoms with Crippen LogP contribution in [0.4, 0.5) is 4.39 Å². The predicted molar refractivity (Wildman–Crippen MR) is 126 cm³/mol. The molecule has 0 atom stereocenters. The minimum Gasteiger partial charge on any atom is -0.493 e. The lowest BCUT2D eigenvalue weighted by Crippen LogP contribution is -2.37. The summed E-state index contributed by atoms with van der Waals surface area (Å²) in [6.45, 7) is 3.34. The van der Waals surface area contributed by atoms with Gasteiger partial charge in [-0.05, 0) is 54.3 Å². The Hall–Kier alpha value is -2.47. The van der Waals surface area contributed by atoms with E-state index in [1.165, 1.54) is 6.07 Å². The number of methoxy groups -OCH3 is 1. The highest BCUT2D eigenvalue weighted by Crippen LogP contribution is 2.27. The monoisotopic (exact) mass is 511 g/mol. The SMILES string of the molecule is C#CCOc1cc(CNC(=NC)NCCc2ccc(F)cc2C)ccc1OC.I. The van der Waals surface area contributed by atoms with Crippen molar-refractivity contribution in [1.82, 2.24) is 10.6 Å². The smallest absolute Gasteiger partial charge is 0.191 e. The molecule has 0 fully saturated rings. The molecular formula is C22H27FIN3O2. The van der Waals surface area contributed by atoms with Gasteiger partial charge in [0.2, 0.25) is 0 Å². The molecule has 0 radical (unpaired) electrons. The van der Waals surface area contributed by atoms with Gasteiger partial charge >= 0.3 is 0 Å². The number of terminal acetylenes is 1. The molecule has 0 aliphatic heterocycles. The summed E-state index contributed by atoms with van der Waals surface area (Å²) in [6, 6.07) is 10.5. The van der Waals surface area contributed by atoms with E-state index in [1.54, 1.807) is 20.2 Å². The molecule has 0 saturated carbocycles. The van der Waals surface area contributed by atoms with Gasteiger partial charge in [0.1, 0.15) is 12.4 Å². The van der Waals surface area contributed by atoms with Gasteiger partial charge in [-0.3, -0.25) is 4.99 Å². The average molecular weight is 511 g/mol. The van der Waals surface area contributed by atoms with Gasteiger partial charge in [-0.25, -0.2) is 4.39 Å². The molecule has 0 heterocycles. The van der Waals surface area contributed by atoms with Crippen LogP contribution in [0.3, 0.4) is 0 Å². The van der Waals surface area contributed by atoms with Crippen LogP contribution < -0.4 is 20.1 Å². The maximum atomic E-state index is 13.2. The number of ether oxygens (including phenoxy) is 2. The van der Waals surface area contributed by atoms with Gasteiger partial charge in [0, 0.05) is 20.1 Å². The Morgan fingerprint density at radius 2 is 1.97 bits per heavy atom. The van der Waals surface area contributed by atoms with Crippen molar-refractivity contribution in [2.75, 3.05) is 27.3 Å². The number of guanidine groups is 1. The van der Waals surface area contributed by atoms with E-state index in [1.807, 2.05) is 31.2 Å². The quantitative estimate of drug-likeness (QED) is 0.246. The molecule has 2 aromatic carbocycles. The van der Waals surface area contributed by atoms with E-state index in [0.717, 1.165) is 23.1 Å². The number of rotatable bonds is 8. The lowest BCUT2D eigenvalue weighted by molar-refractivity contribution is 0.330. The van der Waals surface area contributed by atoms with Crippen LogP contribution in [-0.2, 0) is 13.0 Å². The number of nitrogens with one attached hydrogen (secondary N) is 2. The van der Waals surface area contributed by atoms with Crippen molar-refractivity contribution in [2.45, 2.75) is 19.9 Å². The molecular weight excluding hydrogens is 484 g/mol. The number of hydrogen-bond donors (Lipinski definition) is 2. The molecule has 2 N–H and O–H groups in total. The molecule has 7 heteroatoms. The first-order chi connectivity index (χ1) is 13.6. The van der Waals surface area contributed by atoms with E-state index in [2.05, 4.69) is 21.5 Å². The van der Waals surface area contributed by atoms with Crippen molar-refractivity contribution >= 4 is 29.9 Å². The number of halogens is 2. The van der Waals surface area contributed by atoms with Crippen LogP contribution in [0.25, 0.3) is 0 Å². The fraction of sp³-hybridized carbons (Fsp3) is 0.318. The highest BCUT2D eigenvalue weighted by Gasteiger charge is 2.07. The maximum Gasteiger partial charge on any atom is 0.191 e. The first kappa shape index (κ1) is 24.6. The third kappa shape index (κ3) is 7.81. The number of benzene rings is 2. The number of nitrogens with zero attached hydrogens (tertiary/aromatic N) is 1. The Bertz CT molecular complexity index is 866. The minimum absolute atomic E-state index is 0. The Kier molecular flexibility index (Phi) is 10.9. The summed E-state index contributed by atoms with van der Waals surface area (Å²) in [4.78, 5) is 4.23. The largest absolute Gasteiger partial charge is 0.493 e. The number of hydrogen-bond acceptors (Lipinski definition) is 3. The summed E-state index contributed by atoms with van der Waals surface area (Å²) >= 11 is 0. The van der Waals surface area contributed by atoms with Gasteiger partial charge in [0.05, 0.1) is 7.11 Å². The van der Waals surface area contributed by atoms with E-state index >= 15 is 0 Å². The van der Waals surface area contributed by atoms with Crippen LogP contribution in [0.2, 0.25) is 0 Å². The van der Waals surface area contributed by atoms with Crippen LogP contribution in [0.5, 0.6) is 11.5 Å². The van der Waals surface area contributed by atoms with Gasteiger partial charge in [-0.2, -0.15) is 0 Å². The summed E-state index contributed by atoms with van der Waals surface area (Å²) in [5, 5.41) is 6.52. The van der Waals surface area contributed by atoms with Crippen LogP contribution in [0.1, 0.15) is 16.7 Å². The topological polar surface area (TPSA) is 54.9 Å². The van der Waals surface area contributed by atoms with Gasteiger partial charge in [-0.1, -0.05) is 18.1 Å². The standard InChI is InChI=1S/C22H26FN3O2.HI/c1-5-12-28-21-14-17(6-9-20(21)27-4)15-26-22(24-3)25-11-10-18-7-8-19(23)13-16(18)2;/h1,6-9,13-14H,10-12,15H2,2-4H3,(H2,24,25,26);1H. The Morgan fingerprint density at radius 1 is 1.17 bits per heavy atom. The summed E-state index contributed by atoms with van der Waals surface area (Å²) in [5.74, 6) is 4.16. The van der Waals surface area contributed by atoms with Crippen LogP contribution in [0, 0.1) is 25.1 Å². The van der Waals surface area contributed by atoms with Crippen molar-refractivity contribution in [2.24, 2.45) is 4.99 Å². The van der Waals surface area contributed by atoms with Crippen molar-refractivity contribution in [3.8, 4) is 23.8 Å². The molecule has 2 aromatic rings. The number of aliphatic imine (C=N–C) groups is 1. The fourth-order valence-corrected chi connectivity index (χ4v) is 2.73. The second-order valence-corrected chi connectivity index (χ2v) is 6.15. The summed E-state index contributed by atoms with van der Waals surface area (Å²) < 4.78 is 24.0. The van der Waals surface area contributed by atoms with Crippen molar-refractivity contribution in [3.05, 3.63) is 58.9 Å². The third-order valence-electron chi connectivity index (χ3n) is 4.21. The normalized spacial score (nSPS) is 10.5. The minimum atomic E-state index is -0.211. The van der Waals surface area contributed by atoms with E-state index in [-0.39, 0.29) is 36.4 Å². The molecule has 156 valence electrons. The first-order valence-electron chi connectivity index (χ1n) is 9.00. The van der Waals surface area contributed by atoms with Crippen LogP contribution >= 0.6 is 24.0 Å². The Labute approximate surface area is 189 Å². The average Bonchev–Trinajstić information content (AvgIpc) is 2.70. The zero-order chi connectivity index (χ0) is 20.4. The van der Waals surface area contributed by atoms with E-state index < -0.39 is 0 Å². The van der Waals surface area contributed by atoms with Crippen molar-refractivity contribution in [3.63, 3.8) is 0 Å². The van der Waals surface area contributed by atoms with Crippen LogP contribution in [-0.4, -0.2) is 33.3 Å². The summed E-state index contributed by atoms with van der Waals surface area (Å²) in [5.41, 5.74) is 3.06. The second kappa shape index (κ2) is 12.9. The fourth-order valence-electron chi connectivity index (χ4n) is 2.73. The molecule has 0 bridgehead atoms. The molecule has 0 aliphatic carbocycles. The zero-order valence-corrected chi connectivity index (χ0v) is 19.3. The molecule has 29 heavy (non-hydrogen) atoms. The highest BCUT2D eigenvalue weighted by atomic mass is 127. The Morgan fingerprint density at radius 3 is 2.62 bits per heavy atom. The summed E-state index contributed by atoms with van der Waals surface area (Å²) in [7, 11) is 3.30.